The Labute approximate surface area is 68.5 Å². The molecular weight excluding hydrogens is 136 g/mol. The predicted octanol–water partition coefficient (Wildman–Crippen LogP) is 0.866. The Kier molecular flexibility index (Phi) is 1.69. The normalized spacial score (nSPS) is 39.8. The lowest BCUT2D eigenvalue weighted by Crippen LogP contribution is -2.48. The zero-order valence-corrected chi connectivity index (χ0v) is 7.27. The van der Waals surface area contributed by atoms with Crippen LogP contribution in [0.5, 0.6) is 0 Å². The van der Waals surface area contributed by atoms with E-state index in [1.807, 2.05) is 0 Å². The van der Waals surface area contributed by atoms with Crippen LogP contribution in [0, 0.1) is 5.92 Å². The van der Waals surface area contributed by atoms with Crippen molar-refractivity contribution >= 4 is 0 Å². The van der Waals surface area contributed by atoms with E-state index in [-0.39, 0.29) is 5.54 Å². The van der Waals surface area contributed by atoms with Gasteiger partial charge in [0.2, 0.25) is 0 Å². The third-order valence-electron chi connectivity index (χ3n) is 3.23. The van der Waals surface area contributed by atoms with Crippen molar-refractivity contribution in [1.82, 2.24) is 5.32 Å². The van der Waals surface area contributed by atoms with Crippen molar-refractivity contribution < 1.29 is 0 Å². The topological polar surface area (TPSA) is 38.0 Å². The maximum atomic E-state index is 5.96. The molecule has 0 aromatic heterocycles. The van der Waals surface area contributed by atoms with Crippen LogP contribution in [0.25, 0.3) is 0 Å². The molecule has 2 rings (SSSR count). The summed E-state index contributed by atoms with van der Waals surface area (Å²) in [6, 6.07) is 0.774. The van der Waals surface area contributed by atoms with Crippen LogP contribution >= 0.6 is 0 Å². The molecule has 2 fully saturated rings. The summed E-state index contributed by atoms with van der Waals surface area (Å²) in [4.78, 5) is 0. The smallest absolute Gasteiger partial charge is 0.0282 e. The van der Waals surface area contributed by atoms with Gasteiger partial charge in [-0.05, 0) is 31.6 Å². The van der Waals surface area contributed by atoms with Crippen LogP contribution in [-0.2, 0) is 0 Å². The molecule has 0 bridgehead atoms. The van der Waals surface area contributed by atoms with Crippen molar-refractivity contribution in [3.05, 3.63) is 0 Å². The Morgan fingerprint density at radius 3 is 2.55 bits per heavy atom. The summed E-state index contributed by atoms with van der Waals surface area (Å²) < 4.78 is 0. The lowest BCUT2D eigenvalue weighted by Gasteiger charge is -2.35. The van der Waals surface area contributed by atoms with E-state index >= 15 is 0 Å². The van der Waals surface area contributed by atoms with Gasteiger partial charge in [0.15, 0.2) is 0 Å². The SMILES string of the molecule is CC1CCC1NCC1(N)CC1. The fraction of sp³-hybridized carbons (Fsp3) is 1.00. The monoisotopic (exact) mass is 154 g/mol. The molecule has 0 spiro atoms. The number of nitrogens with two attached hydrogens (primary N) is 1. The average molecular weight is 154 g/mol. The van der Waals surface area contributed by atoms with Crippen molar-refractivity contribution in [2.45, 2.75) is 44.2 Å². The highest BCUT2D eigenvalue weighted by Crippen LogP contribution is 2.33. The molecule has 0 aromatic rings. The Morgan fingerprint density at radius 2 is 2.18 bits per heavy atom. The summed E-state index contributed by atoms with van der Waals surface area (Å²) >= 11 is 0. The Balaban J connectivity index is 1.66. The molecule has 0 amide bonds. The molecule has 2 nitrogen and oxygen atoms in total. The molecule has 2 saturated carbocycles. The van der Waals surface area contributed by atoms with Gasteiger partial charge in [0, 0.05) is 18.1 Å². The zero-order valence-electron chi connectivity index (χ0n) is 7.27. The lowest BCUT2D eigenvalue weighted by molar-refractivity contribution is 0.225. The third kappa shape index (κ3) is 1.57. The van der Waals surface area contributed by atoms with Gasteiger partial charge in [0.05, 0.1) is 0 Å². The summed E-state index contributed by atoms with van der Waals surface area (Å²) in [5.41, 5.74) is 6.15. The van der Waals surface area contributed by atoms with Crippen LogP contribution in [0.4, 0.5) is 0 Å². The maximum Gasteiger partial charge on any atom is 0.0282 e. The van der Waals surface area contributed by atoms with E-state index < -0.39 is 0 Å². The van der Waals surface area contributed by atoms with E-state index in [1.165, 1.54) is 25.7 Å². The van der Waals surface area contributed by atoms with Gasteiger partial charge in [0.1, 0.15) is 0 Å². The summed E-state index contributed by atoms with van der Waals surface area (Å²) in [5.74, 6) is 0.886. The van der Waals surface area contributed by atoms with E-state index in [1.54, 1.807) is 0 Å². The van der Waals surface area contributed by atoms with E-state index in [0.29, 0.717) is 0 Å². The number of nitrogens with one attached hydrogen (secondary N) is 1. The van der Waals surface area contributed by atoms with Gasteiger partial charge in [-0.15, -0.1) is 0 Å². The van der Waals surface area contributed by atoms with E-state index in [2.05, 4.69) is 12.2 Å². The third-order valence-corrected chi connectivity index (χ3v) is 3.23. The number of hydrogen-bond donors (Lipinski definition) is 2. The quantitative estimate of drug-likeness (QED) is 0.633. The summed E-state index contributed by atoms with van der Waals surface area (Å²) in [6.07, 6.45) is 5.20. The fourth-order valence-electron chi connectivity index (χ4n) is 1.64. The first-order valence-electron chi connectivity index (χ1n) is 4.72. The molecule has 3 N–H and O–H groups in total. The summed E-state index contributed by atoms with van der Waals surface area (Å²) in [7, 11) is 0. The van der Waals surface area contributed by atoms with Crippen molar-refractivity contribution in [3.8, 4) is 0 Å². The Morgan fingerprint density at radius 1 is 1.45 bits per heavy atom. The molecule has 64 valence electrons. The Hall–Kier alpha value is -0.0800. The minimum Gasteiger partial charge on any atom is -0.324 e. The first kappa shape index (κ1) is 7.56. The van der Waals surface area contributed by atoms with Gasteiger partial charge in [-0.2, -0.15) is 0 Å². The molecule has 0 aliphatic heterocycles. The van der Waals surface area contributed by atoms with Crippen LogP contribution in [0.2, 0.25) is 0 Å². The standard InChI is InChI=1S/C9H18N2/c1-7-2-3-8(7)11-6-9(10)4-5-9/h7-8,11H,2-6,10H2,1H3. The van der Waals surface area contributed by atoms with Gasteiger partial charge >= 0.3 is 0 Å². The van der Waals surface area contributed by atoms with Crippen LogP contribution < -0.4 is 11.1 Å². The second kappa shape index (κ2) is 2.46. The maximum absolute atomic E-state index is 5.96. The van der Waals surface area contributed by atoms with Crippen molar-refractivity contribution in [2.75, 3.05) is 6.54 Å². The molecule has 2 aliphatic rings. The first-order valence-corrected chi connectivity index (χ1v) is 4.72. The zero-order chi connectivity index (χ0) is 7.90. The fourth-order valence-corrected chi connectivity index (χ4v) is 1.64. The van der Waals surface area contributed by atoms with Gasteiger partial charge in [-0.3, -0.25) is 0 Å². The molecule has 0 aromatic carbocycles. The van der Waals surface area contributed by atoms with E-state index in [4.69, 9.17) is 5.73 Å². The number of hydrogen-bond acceptors (Lipinski definition) is 2. The molecule has 2 unspecified atom stereocenters. The minimum absolute atomic E-state index is 0.190. The summed E-state index contributed by atoms with van der Waals surface area (Å²) in [6.45, 7) is 3.36. The molecule has 11 heavy (non-hydrogen) atoms. The predicted molar refractivity (Wildman–Crippen MR) is 46.3 cm³/mol. The van der Waals surface area contributed by atoms with Crippen LogP contribution in [0.1, 0.15) is 32.6 Å². The molecule has 2 heteroatoms. The minimum atomic E-state index is 0.190. The van der Waals surface area contributed by atoms with Gasteiger partial charge in [0.25, 0.3) is 0 Å². The highest BCUT2D eigenvalue weighted by molar-refractivity contribution is 5.01. The van der Waals surface area contributed by atoms with Crippen molar-refractivity contribution in [1.29, 1.82) is 0 Å². The average Bonchev–Trinajstić information content (AvgIpc) is 2.66. The van der Waals surface area contributed by atoms with Crippen LogP contribution in [-0.4, -0.2) is 18.1 Å². The molecular formula is C9H18N2. The molecule has 0 saturated heterocycles. The highest BCUT2D eigenvalue weighted by atomic mass is 15.0. The van der Waals surface area contributed by atoms with Crippen molar-refractivity contribution in [2.24, 2.45) is 11.7 Å². The first-order chi connectivity index (χ1) is 5.20. The lowest BCUT2D eigenvalue weighted by atomic mass is 9.81. The number of rotatable bonds is 3. The molecule has 0 radical (unpaired) electrons. The van der Waals surface area contributed by atoms with Crippen LogP contribution in [0.3, 0.4) is 0 Å². The van der Waals surface area contributed by atoms with E-state index in [0.717, 1.165) is 18.5 Å². The second-order valence-electron chi connectivity index (χ2n) is 4.40. The van der Waals surface area contributed by atoms with Gasteiger partial charge in [-0.1, -0.05) is 6.92 Å². The largest absolute Gasteiger partial charge is 0.324 e. The molecule has 2 atom stereocenters. The summed E-state index contributed by atoms with van der Waals surface area (Å²) in [5, 5.41) is 3.55. The second-order valence-corrected chi connectivity index (χ2v) is 4.40. The molecule has 0 heterocycles. The van der Waals surface area contributed by atoms with Crippen LogP contribution in [0.15, 0.2) is 0 Å². The highest BCUT2D eigenvalue weighted by Gasteiger charge is 2.39. The Bertz CT molecular complexity index is 152. The van der Waals surface area contributed by atoms with Gasteiger partial charge < -0.3 is 11.1 Å². The van der Waals surface area contributed by atoms with E-state index in [9.17, 15) is 0 Å². The molecule has 2 aliphatic carbocycles. The van der Waals surface area contributed by atoms with Gasteiger partial charge in [-0.25, -0.2) is 0 Å². The van der Waals surface area contributed by atoms with Crippen molar-refractivity contribution in [3.63, 3.8) is 0 Å².